The zero-order valence-corrected chi connectivity index (χ0v) is 12.2. The predicted octanol–water partition coefficient (Wildman–Crippen LogP) is 2.20. The molecule has 102 valence electrons. The molecule has 0 aliphatic carbocycles. The summed E-state index contributed by atoms with van der Waals surface area (Å²) in [5.74, 6) is 0.269. The Bertz CT molecular complexity index is 573. The molecule has 1 aromatic heterocycles. The molecule has 0 fully saturated rings. The second kappa shape index (κ2) is 5.77. The van der Waals surface area contributed by atoms with E-state index in [0.29, 0.717) is 22.4 Å². The predicted molar refractivity (Wildman–Crippen MR) is 72.9 cm³/mol. The third-order valence-corrected chi connectivity index (χ3v) is 3.32. The Morgan fingerprint density at radius 2 is 2.21 bits per heavy atom. The van der Waals surface area contributed by atoms with E-state index in [2.05, 4.69) is 26.1 Å². The van der Waals surface area contributed by atoms with Crippen molar-refractivity contribution in [1.82, 2.24) is 15.0 Å². The molecule has 0 radical (unpaired) electrons. The second-order valence-corrected chi connectivity index (χ2v) is 5.22. The van der Waals surface area contributed by atoms with Crippen molar-refractivity contribution in [2.24, 2.45) is 5.73 Å². The monoisotopic (exact) mass is 328 g/mol. The Morgan fingerprint density at radius 3 is 2.89 bits per heavy atom. The van der Waals surface area contributed by atoms with Crippen LogP contribution in [0.15, 0.2) is 27.2 Å². The maximum atomic E-state index is 13.4. The first kappa shape index (κ1) is 14.1. The number of nitrogens with two attached hydrogens (primary N) is 1. The van der Waals surface area contributed by atoms with Crippen LogP contribution in [-0.4, -0.2) is 35.7 Å². The van der Waals surface area contributed by atoms with Gasteiger partial charge in [0.15, 0.2) is 5.82 Å². The summed E-state index contributed by atoms with van der Waals surface area (Å²) in [7, 11) is 3.81. The largest absolute Gasteiger partial charge is 0.334 e. The van der Waals surface area contributed by atoms with Gasteiger partial charge in [0.2, 0.25) is 0 Å². The van der Waals surface area contributed by atoms with Crippen molar-refractivity contribution in [2.45, 2.75) is 6.04 Å². The molecule has 0 bridgehead atoms. The van der Waals surface area contributed by atoms with Crippen molar-refractivity contribution in [3.8, 4) is 11.5 Å². The van der Waals surface area contributed by atoms with E-state index in [0.717, 1.165) is 0 Å². The summed E-state index contributed by atoms with van der Waals surface area (Å²) in [5.41, 5.74) is 6.45. The molecule has 19 heavy (non-hydrogen) atoms. The molecule has 7 heteroatoms. The van der Waals surface area contributed by atoms with Crippen molar-refractivity contribution < 1.29 is 8.91 Å². The van der Waals surface area contributed by atoms with Gasteiger partial charge in [-0.2, -0.15) is 4.98 Å². The average molecular weight is 329 g/mol. The first-order valence-electron chi connectivity index (χ1n) is 5.67. The highest BCUT2D eigenvalue weighted by atomic mass is 79.9. The molecule has 0 aliphatic rings. The van der Waals surface area contributed by atoms with E-state index in [1.54, 1.807) is 12.1 Å². The van der Waals surface area contributed by atoms with Crippen LogP contribution in [0.4, 0.5) is 4.39 Å². The molecule has 0 saturated heterocycles. The summed E-state index contributed by atoms with van der Waals surface area (Å²) in [5, 5.41) is 3.84. The lowest BCUT2D eigenvalue weighted by Gasteiger charge is -2.12. The molecular weight excluding hydrogens is 315 g/mol. The molecule has 0 aliphatic heterocycles. The molecule has 2 rings (SSSR count). The maximum Gasteiger partial charge on any atom is 0.259 e. The van der Waals surface area contributed by atoms with Crippen molar-refractivity contribution in [2.75, 3.05) is 20.6 Å². The molecule has 5 nitrogen and oxygen atoms in total. The van der Waals surface area contributed by atoms with E-state index in [9.17, 15) is 4.39 Å². The summed E-state index contributed by atoms with van der Waals surface area (Å²) in [6.07, 6.45) is 0. The minimum Gasteiger partial charge on any atom is -0.334 e. The van der Waals surface area contributed by atoms with Gasteiger partial charge in [0, 0.05) is 6.54 Å². The third-order valence-electron chi connectivity index (χ3n) is 2.52. The van der Waals surface area contributed by atoms with Crippen molar-refractivity contribution >= 4 is 15.9 Å². The van der Waals surface area contributed by atoms with Crippen LogP contribution in [0.1, 0.15) is 11.9 Å². The van der Waals surface area contributed by atoms with Crippen LogP contribution < -0.4 is 5.73 Å². The van der Waals surface area contributed by atoms with E-state index < -0.39 is 0 Å². The molecular formula is C12H14BrFN4O. The highest BCUT2D eigenvalue weighted by Gasteiger charge is 2.18. The summed E-state index contributed by atoms with van der Waals surface area (Å²) < 4.78 is 18.9. The molecule has 1 aromatic carbocycles. The Morgan fingerprint density at radius 1 is 1.47 bits per heavy atom. The van der Waals surface area contributed by atoms with Gasteiger partial charge < -0.3 is 15.2 Å². The number of hydrogen-bond acceptors (Lipinski definition) is 5. The molecule has 1 atom stereocenters. The number of hydrogen-bond donors (Lipinski definition) is 1. The fourth-order valence-corrected chi connectivity index (χ4v) is 2.07. The normalized spacial score (nSPS) is 12.9. The summed E-state index contributed by atoms with van der Waals surface area (Å²) in [6, 6.07) is 4.28. The zero-order valence-electron chi connectivity index (χ0n) is 10.6. The van der Waals surface area contributed by atoms with Crippen molar-refractivity contribution in [3.05, 3.63) is 34.3 Å². The van der Waals surface area contributed by atoms with E-state index in [1.165, 1.54) is 6.07 Å². The molecule has 0 amide bonds. The van der Waals surface area contributed by atoms with Crippen LogP contribution in [0.2, 0.25) is 0 Å². The van der Waals surface area contributed by atoms with Gasteiger partial charge in [0.25, 0.3) is 5.89 Å². The Balaban J connectivity index is 2.28. The van der Waals surface area contributed by atoms with Crippen LogP contribution in [-0.2, 0) is 0 Å². The van der Waals surface area contributed by atoms with Crippen molar-refractivity contribution in [3.63, 3.8) is 0 Å². The molecule has 2 aromatic rings. The van der Waals surface area contributed by atoms with Gasteiger partial charge in [-0.1, -0.05) is 11.2 Å². The first-order valence-corrected chi connectivity index (χ1v) is 6.46. The smallest absolute Gasteiger partial charge is 0.259 e. The lowest BCUT2D eigenvalue weighted by molar-refractivity contribution is 0.357. The molecule has 0 saturated carbocycles. The van der Waals surface area contributed by atoms with Gasteiger partial charge in [0.05, 0.1) is 16.1 Å². The number of halogens is 2. The first-order chi connectivity index (χ1) is 8.99. The van der Waals surface area contributed by atoms with E-state index >= 15 is 0 Å². The van der Waals surface area contributed by atoms with E-state index in [-0.39, 0.29) is 17.7 Å². The van der Waals surface area contributed by atoms with Gasteiger partial charge in [-0.25, -0.2) is 4.39 Å². The number of likely N-dealkylation sites (N-methyl/N-ethyl adjacent to an activating group) is 1. The van der Waals surface area contributed by atoms with Gasteiger partial charge in [-0.05, 0) is 42.2 Å². The quantitative estimate of drug-likeness (QED) is 0.931. The fourth-order valence-electron chi connectivity index (χ4n) is 1.64. The summed E-state index contributed by atoms with van der Waals surface area (Å²) >= 11 is 3.16. The highest BCUT2D eigenvalue weighted by molar-refractivity contribution is 9.10. The number of nitrogens with zero attached hydrogens (tertiary/aromatic N) is 3. The standard InChI is InChI=1S/C12H14BrFN4O/c1-18(2)6-9(15)11-16-12(19-17-11)7-4-3-5-8(14)10(7)13/h3-5,9H,6,15H2,1-2H3. The maximum absolute atomic E-state index is 13.4. The number of rotatable bonds is 4. The highest BCUT2D eigenvalue weighted by Crippen LogP contribution is 2.29. The molecule has 1 unspecified atom stereocenters. The van der Waals surface area contributed by atoms with Crippen molar-refractivity contribution in [1.29, 1.82) is 0 Å². The second-order valence-electron chi connectivity index (χ2n) is 4.43. The van der Waals surface area contributed by atoms with Crippen LogP contribution in [0.5, 0.6) is 0 Å². The Kier molecular flexibility index (Phi) is 4.28. The van der Waals surface area contributed by atoms with Crippen LogP contribution >= 0.6 is 15.9 Å². The SMILES string of the molecule is CN(C)CC(N)c1noc(-c2cccc(F)c2Br)n1. The molecule has 0 spiro atoms. The minimum absolute atomic E-state index is 0.246. The fraction of sp³-hybridized carbons (Fsp3) is 0.333. The average Bonchev–Trinajstić information content (AvgIpc) is 2.81. The van der Waals surface area contributed by atoms with Crippen LogP contribution in [0.25, 0.3) is 11.5 Å². The minimum atomic E-state index is -0.380. The van der Waals surface area contributed by atoms with Gasteiger partial charge in [-0.3, -0.25) is 0 Å². The number of aromatic nitrogens is 2. The Labute approximate surface area is 118 Å². The molecule has 2 N–H and O–H groups in total. The number of benzene rings is 1. The topological polar surface area (TPSA) is 68.2 Å². The summed E-state index contributed by atoms with van der Waals surface area (Å²) in [4.78, 5) is 6.14. The van der Waals surface area contributed by atoms with Gasteiger partial charge in [-0.15, -0.1) is 0 Å². The summed E-state index contributed by atoms with van der Waals surface area (Å²) in [6.45, 7) is 0.600. The van der Waals surface area contributed by atoms with Crippen LogP contribution in [0, 0.1) is 5.82 Å². The van der Waals surface area contributed by atoms with Gasteiger partial charge >= 0.3 is 0 Å². The third kappa shape index (κ3) is 3.17. The van der Waals surface area contributed by atoms with E-state index in [4.69, 9.17) is 10.3 Å². The zero-order chi connectivity index (χ0) is 14.0. The lowest BCUT2D eigenvalue weighted by atomic mass is 10.2. The Hall–Kier alpha value is -1.31. The van der Waals surface area contributed by atoms with E-state index in [1.807, 2.05) is 19.0 Å². The molecule has 1 heterocycles. The lowest BCUT2D eigenvalue weighted by Crippen LogP contribution is -2.26. The van der Waals surface area contributed by atoms with Crippen LogP contribution in [0.3, 0.4) is 0 Å². The van der Waals surface area contributed by atoms with Gasteiger partial charge in [0.1, 0.15) is 5.82 Å².